The van der Waals surface area contributed by atoms with Crippen LogP contribution in [-0.2, 0) is 9.53 Å². The number of aromatic nitrogens is 1. The van der Waals surface area contributed by atoms with Crippen LogP contribution in [0.15, 0.2) is 35.8 Å². The number of carbonyl (C=O) groups is 1. The molecule has 1 atom stereocenters. The lowest BCUT2D eigenvalue weighted by atomic mass is 9.70. The van der Waals surface area contributed by atoms with E-state index in [2.05, 4.69) is 53.3 Å². The molecule has 1 saturated heterocycles. The topological polar surface area (TPSA) is 54.5 Å². The third-order valence-corrected chi connectivity index (χ3v) is 6.18. The highest BCUT2D eigenvalue weighted by molar-refractivity contribution is 7.13. The average Bonchev–Trinajstić information content (AvgIpc) is 3.20. The Morgan fingerprint density at radius 1 is 1.25 bits per heavy atom. The third kappa shape index (κ3) is 4.92. The van der Waals surface area contributed by atoms with Gasteiger partial charge < -0.3 is 15.0 Å². The van der Waals surface area contributed by atoms with Gasteiger partial charge in [0.1, 0.15) is 0 Å². The third-order valence-electron chi connectivity index (χ3n) is 5.49. The molecule has 1 N–H and O–H groups in total. The number of benzene rings is 1. The molecule has 3 rings (SSSR count). The Kier molecular flexibility index (Phi) is 6.73. The molecule has 1 amide bonds. The summed E-state index contributed by atoms with van der Waals surface area (Å²) in [5.74, 6) is 0.646. The molecule has 1 aromatic carbocycles. The molecule has 5 nitrogen and oxygen atoms in total. The van der Waals surface area contributed by atoms with Crippen molar-refractivity contribution in [3.05, 3.63) is 41.4 Å². The molecule has 0 aliphatic carbocycles. The smallest absolute Gasteiger partial charge is 0.232 e. The predicted octanol–water partition coefficient (Wildman–Crippen LogP) is 4.77. The first-order valence-electron chi connectivity index (χ1n) is 10.0. The number of rotatable bonds is 7. The van der Waals surface area contributed by atoms with Crippen molar-refractivity contribution in [2.24, 2.45) is 11.3 Å². The summed E-state index contributed by atoms with van der Waals surface area (Å²) in [6.07, 6.45) is 2.67. The minimum absolute atomic E-state index is 0.0188. The fourth-order valence-electron chi connectivity index (χ4n) is 3.76. The van der Waals surface area contributed by atoms with Gasteiger partial charge in [0, 0.05) is 30.4 Å². The SMILES string of the molecule is CC(C)CC(c1ccc(N2CCOCC2)cc1)C(C)(C)C(=O)Nc1nccs1. The summed E-state index contributed by atoms with van der Waals surface area (Å²) >= 11 is 1.45. The second-order valence-electron chi connectivity index (χ2n) is 8.39. The zero-order valence-corrected chi connectivity index (χ0v) is 18.1. The van der Waals surface area contributed by atoms with Crippen molar-refractivity contribution in [3.63, 3.8) is 0 Å². The molecule has 2 aromatic rings. The van der Waals surface area contributed by atoms with E-state index < -0.39 is 5.41 Å². The van der Waals surface area contributed by atoms with Crippen LogP contribution in [0, 0.1) is 11.3 Å². The summed E-state index contributed by atoms with van der Waals surface area (Å²) in [6.45, 7) is 11.9. The first-order valence-corrected chi connectivity index (χ1v) is 10.9. The van der Waals surface area contributed by atoms with Gasteiger partial charge in [-0.1, -0.05) is 39.8 Å². The van der Waals surface area contributed by atoms with Gasteiger partial charge in [0.2, 0.25) is 5.91 Å². The van der Waals surface area contributed by atoms with Gasteiger partial charge in [-0.25, -0.2) is 4.98 Å². The highest BCUT2D eigenvalue weighted by Crippen LogP contribution is 2.41. The van der Waals surface area contributed by atoms with Gasteiger partial charge in [0.25, 0.3) is 0 Å². The summed E-state index contributed by atoms with van der Waals surface area (Å²) in [4.78, 5) is 19.6. The van der Waals surface area contributed by atoms with Crippen LogP contribution in [0.4, 0.5) is 10.8 Å². The van der Waals surface area contributed by atoms with Crippen molar-refractivity contribution in [1.82, 2.24) is 4.98 Å². The Morgan fingerprint density at radius 2 is 1.93 bits per heavy atom. The van der Waals surface area contributed by atoms with Crippen LogP contribution in [0.25, 0.3) is 0 Å². The average molecular weight is 402 g/mol. The van der Waals surface area contributed by atoms with Crippen molar-refractivity contribution >= 4 is 28.1 Å². The van der Waals surface area contributed by atoms with E-state index in [4.69, 9.17) is 4.74 Å². The van der Waals surface area contributed by atoms with Crippen LogP contribution in [-0.4, -0.2) is 37.2 Å². The van der Waals surface area contributed by atoms with Crippen LogP contribution in [0.1, 0.15) is 45.6 Å². The molecular weight excluding hydrogens is 370 g/mol. The maximum absolute atomic E-state index is 13.1. The number of hydrogen-bond donors (Lipinski definition) is 1. The molecule has 1 aliphatic rings. The number of ether oxygens (including phenoxy) is 1. The molecule has 1 fully saturated rings. The zero-order valence-electron chi connectivity index (χ0n) is 17.3. The van der Waals surface area contributed by atoms with Gasteiger partial charge >= 0.3 is 0 Å². The molecule has 1 aliphatic heterocycles. The monoisotopic (exact) mass is 401 g/mol. The summed E-state index contributed by atoms with van der Waals surface area (Å²) < 4.78 is 5.45. The van der Waals surface area contributed by atoms with Gasteiger partial charge in [-0.05, 0) is 36.0 Å². The predicted molar refractivity (Wildman–Crippen MR) is 116 cm³/mol. The first-order chi connectivity index (χ1) is 13.4. The van der Waals surface area contributed by atoms with Crippen molar-refractivity contribution < 1.29 is 9.53 Å². The van der Waals surface area contributed by atoms with Crippen LogP contribution in [0.5, 0.6) is 0 Å². The fraction of sp³-hybridized carbons (Fsp3) is 0.545. The Labute approximate surface area is 172 Å². The second kappa shape index (κ2) is 9.05. The fourth-order valence-corrected chi connectivity index (χ4v) is 4.28. The standard InChI is InChI=1S/C22H31N3O2S/c1-16(2)15-19(22(3,4)20(26)24-21-23-9-14-28-21)17-5-7-18(8-6-17)25-10-12-27-13-11-25/h5-9,14,16,19H,10-13,15H2,1-4H3,(H,23,24,26). The highest BCUT2D eigenvalue weighted by atomic mass is 32.1. The second-order valence-corrected chi connectivity index (χ2v) is 9.28. The number of morpholine rings is 1. The van der Waals surface area contributed by atoms with Gasteiger partial charge in [-0.3, -0.25) is 4.79 Å². The van der Waals surface area contributed by atoms with Gasteiger partial charge in [0.05, 0.1) is 18.6 Å². The number of anilines is 2. The molecular formula is C22H31N3O2S. The van der Waals surface area contributed by atoms with Gasteiger partial charge in [-0.15, -0.1) is 11.3 Å². The Hall–Kier alpha value is -1.92. The molecule has 28 heavy (non-hydrogen) atoms. The van der Waals surface area contributed by atoms with Crippen molar-refractivity contribution in [2.45, 2.75) is 40.0 Å². The summed E-state index contributed by atoms with van der Waals surface area (Å²) in [6, 6.07) is 8.75. The van der Waals surface area contributed by atoms with Crippen molar-refractivity contribution in [3.8, 4) is 0 Å². The van der Waals surface area contributed by atoms with Gasteiger partial charge in [0.15, 0.2) is 5.13 Å². The first kappa shape index (κ1) is 20.8. The van der Waals surface area contributed by atoms with Crippen molar-refractivity contribution in [2.75, 3.05) is 36.5 Å². The molecule has 0 bridgehead atoms. The highest BCUT2D eigenvalue weighted by Gasteiger charge is 2.38. The Morgan fingerprint density at radius 3 is 2.50 bits per heavy atom. The lowest BCUT2D eigenvalue weighted by molar-refractivity contribution is -0.125. The summed E-state index contributed by atoms with van der Waals surface area (Å²) in [5.41, 5.74) is 1.89. The Bertz CT molecular complexity index is 751. The number of nitrogens with zero attached hydrogens (tertiary/aromatic N) is 2. The Balaban J connectivity index is 1.81. The molecule has 6 heteroatoms. The minimum Gasteiger partial charge on any atom is -0.378 e. The summed E-state index contributed by atoms with van der Waals surface area (Å²) in [7, 11) is 0. The summed E-state index contributed by atoms with van der Waals surface area (Å²) in [5, 5.41) is 5.53. The van der Waals surface area contributed by atoms with E-state index in [1.165, 1.54) is 22.6 Å². The van der Waals surface area contributed by atoms with Crippen molar-refractivity contribution in [1.29, 1.82) is 0 Å². The normalized spacial score (nSPS) is 16.2. The van der Waals surface area contributed by atoms with Gasteiger partial charge in [-0.2, -0.15) is 0 Å². The van der Waals surface area contributed by atoms with Crippen LogP contribution in [0.2, 0.25) is 0 Å². The number of hydrogen-bond acceptors (Lipinski definition) is 5. The number of amides is 1. The maximum atomic E-state index is 13.1. The van der Waals surface area contributed by atoms with Crippen LogP contribution in [0.3, 0.4) is 0 Å². The zero-order chi connectivity index (χ0) is 20.1. The molecule has 152 valence electrons. The number of nitrogens with one attached hydrogen (secondary N) is 1. The molecule has 1 aromatic heterocycles. The van der Waals surface area contributed by atoms with E-state index >= 15 is 0 Å². The van der Waals surface area contributed by atoms with E-state index in [1.807, 2.05) is 19.2 Å². The van der Waals surface area contributed by atoms with E-state index in [0.717, 1.165) is 32.7 Å². The molecule has 2 heterocycles. The number of carbonyl (C=O) groups excluding carboxylic acids is 1. The minimum atomic E-state index is -0.545. The quantitative estimate of drug-likeness (QED) is 0.726. The lowest BCUT2D eigenvalue weighted by Crippen LogP contribution is -2.37. The molecule has 0 saturated carbocycles. The molecule has 0 spiro atoms. The van der Waals surface area contributed by atoms with E-state index in [9.17, 15) is 4.79 Å². The van der Waals surface area contributed by atoms with E-state index in [0.29, 0.717) is 11.0 Å². The largest absolute Gasteiger partial charge is 0.378 e. The number of thiazole rings is 1. The lowest BCUT2D eigenvalue weighted by Gasteiger charge is -2.35. The molecule has 1 unspecified atom stereocenters. The van der Waals surface area contributed by atoms with Crippen LogP contribution >= 0.6 is 11.3 Å². The van der Waals surface area contributed by atoms with E-state index in [1.54, 1.807) is 6.20 Å². The maximum Gasteiger partial charge on any atom is 0.232 e. The van der Waals surface area contributed by atoms with E-state index in [-0.39, 0.29) is 11.8 Å². The van der Waals surface area contributed by atoms with Crippen LogP contribution < -0.4 is 10.2 Å². The molecule has 0 radical (unpaired) electrons.